The van der Waals surface area contributed by atoms with E-state index in [1.807, 2.05) is 36.5 Å². The van der Waals surface area contributed by atoms with Crippen LogP contribution in [0.25, 0.3) is 0 Å². The fourth-order valence-electron chi connectivity index (χ4n) is 5.95. The summed E-state index contributed by atoms with van der Waals surface area (Å²) in [5.74, 6) is -1.81. The molecule has 392 valence electrons. The first-order valence-corrected chi connectivity index (χ1v) is 27.2. The van der Waals surface area contributed by atoms with Crippen LogP contribution >= 0.6 is 7.82 Å². The Labute approximate surface area is 422 Å². The van der Waals surface area contributed by atoms with E-state index in [1.165, 1.54) is 0 Å². The van der Waals surface area contributed by atoms with Gasteiger partial charge >= 0.3 is 25.7 Å². The van der Waals surface area contributed by atoms with Crippen molar-refractivity contribution >= 4 is 25.7 Å². The van der Waals surface area contributed by atoms with Gasteiger partial charge in [0, 0.05) is 6.42 Å². The number of phosphoric acid groups is 1. The van der Waals surface area contributed by atoms with Crippen LogP contribution in [-0.2, 0) is 42.2 Å². The molecule has 0 spiro atoms. The molecule has 0 saturated carbocycles. The van der Waals surface area contributed by atoms with Gasteiger partial charge in [0.2, 0.25) is 0 Å². The number of carbonyl (C=O) groups excluding carboxylic acids is 3. The van der Waals surface area contributed by atoms with Gasteiger partial charge in [0.25, 0.3) is 0 Å². The molecule has 12 heteroatoms. The molecule has 0 aromatic carbocycles. The molecule has 0 heterocycles. The Morgan fingerprint density at radius 1 is 0.429 bits per heavy atom. The Hall–Kier alpha value is -4.64. The quantitative estimate of drug-likeness (QED) is 0.0197. The van der Waals surface area contributed by atoms with Gasteiger partial charge in [-0.15, -0.1) is 0 Å². The van der Waals surface area contributed by atoms with Crippen LogP contribution < -0.4 is 0 Å². The molecule has 2 N–H and O–H groups in total. The van der Waals surface area contributed by atoms with Crippen molar-refractivity contribution in [3.8, 4) is 0 Å². The highest BCUT2D eigenvalue weighted by molar-refractivity contribution is 7.47. The Kier molecular flexibility index (Phi) is 47.4. The van der Waals surface area contributed by atoms with Gasteiger partial charge in [-0.3, -0.25) is 23.4 Å². The van der Waals surface area contributed by atoms with Gasteiger partial charge in [0.05, 0.1) is 32.7 Å². The van der Waals surface area contributed by atoms with Crippen molar-refractivity contribution in [3.63, 3.8) is 0 Å². The molecule has 0 saturated heterocycles. The van der Waals surface area contributed by atoms with Crippen molar-refractivity contribution < 1.29 is 52.2 Å². The number of carbonyl (C=O) groups is 3. The number of rotatable bonds is 45. The van der Waals surface area contributed by atoms with Gasteiger partial charge in [0.15, 0.2) is 6.10 Å². The average Bonchev–Trinajstić information content (AvgIpc) is 3.35. The Balaban J connectivity index is 5.01. The monoisotopic (exact) mass is 993 g/mol. The maximum atomic E-state index is 12.8. The zero-order valence-electron chi connectivity index (χ0n) is 42.9. The van der Waals surface area contributed by atoms with Crippen molar-refractivity contribution in [3.05, 3.63) is 146 Å². The predicted octanol–water partition coefficient (Wildman–Crippen LogP) is 14.8. The highest BCUT2D eigenvalue weighted by atomic mass is 31.2. The van der Waals surface area contributed by atoms with E-state index in [1.54, 1.807) is 12.2 Å². The molecule has 70 heavy (non-hydrogen) atoms. The van der Waals surface area contributed by atoms with Crippen LogP contribution in [0, 0.1) is 0 Å². The van der Waals surface area contributed by atoms with Gasteiger partial charge in [-0.25, -0.2) is 4.57 Å². The van der Waals surface area contributed by atoms with Crippen LogP contribution in [0.1, 0.15) is 162 Å². The molecule has 0 fully saturated rings. The van der Waals surface area contributed by atoms with E-state index < -0.39 is 64.4 Å². The summed E-state index contributed by atoms with van der Waals surface area (Å²) in [6.07, 6.45) is 64.5. The van der Waals surface area contributed by atoms with Gasteiger partial charge < -0.3 is 24.2 Å². The number of allylic oxidation sites excluding steroid dienone is 22. The highest BCUT2D eigenvalue weighted by Crippen LogP contribution is 2.43. The third kappa shape index (κ3) is 48.4. The van der Waals surface area contributed by atoms with Gasteiger partial charge in [-0.2, -0.15) is 0 Å². The molecule has 0 rings (SSSR count). The normalized spacial score (nSPS) is 14.6. The molecule has 0 aromatic heterocycles. The summed E-state index contributed by atoms with van der Waals surface area (Å²) in [5, 5.41) is 9.77. The second-order valence-corrected chi connectivity index (χ2v) is 17.7. The average molecular weight is 993 g/mol. The van der Waals surface area contributed by atoms with Gasteiger partial charge in [0.1, 0.15) is 12.7 Å². The lowest BCUT2D eigenvalue weighted by Crippen LogP contribution is -2.30. The Morgan fingerprint density at radius 3 is 1.26 bits per heavy atom. The lowest BCUT2D eigenvalue weighted by molar-refractivity contribution is -0.160. The molecule has 0 aliphatic carbocycles. The first-order chi connectivity index (χ1) is 34.2. The number of aliphatic hydroxyl groups is 1. The van der Waals surface area contributed by atoms with Crippen molar-refractivity contribution in [2.45, 2.75) is 174 Å². The lowest BCUT2D eigenvalue weighted by atomic mass is 10.1. The van der Waals surface area contributed by atoms with Crippen molar-refractivity contribution in [1.82, 2.24) is 0 Å². The summed E-state index contributed by atoms with van der Waals surface area (Å²) < 4.78 is 39.1. The van der Waals surface area contributed by atoms with Gasteiger partial charge in [-0.05, 0) is 96.3 Å². The summed E-state index contributed by atoms with van der Waals surface area (Å²) in [7, 11) is -4.80. The van der Waals surface area contributed by atoms with E-state index in [-0.39, 0.29) is 19.3 Å². The molecule has 0 bridgehead atoms. The maximum Gasteiger partial charge on any atom is 0.472 e. The van der Waals surface area contributed by atoms with Crippen LogP contribution in [0.15, 0.2) is 146 Å². The van der Waals surface area contributed by atoms with E-state index in [0.717, 1.165) is 103 Å². The third-order valence-electron chi connectivity index (χ3n) is 9.77. The number of ether oxygens (including phenoxy) is 3. The Morgan fingerprint density at radius 2 is 0.800 bits per heavy atom. The molecule has 3 atom stereocenters. The first-order valence-electron chi connectivity index (χ1n) is 25.7. The summed E-state index contributed by atoms with van der Waals surface area (Å²) in [6, 6.07) is 0. The van der Waals surface area contributed by atoms with E-state index in [0.29, 0.717) is 19.3 Å². The molecule has 0 amide bonds. The molecule has 3 unspecified atom stereocenters. The smallest absolute Gasteiger partial charge is 0.461 e. The minimum absolute atomic E-state index is 0.0343. The van der Waals surface area contributed by atoms with Crippen LogP contribution in [0.2, 0.25) is 0 Å². The maximum absolute atomic E-state index is 12.8. The third-order valence-corrected chi connectivity index (χ3v) is 10.7. The minimum atomic E-state index is -4.80. The Bertz CT molecular complexity index is 1730. The largest absolute Gasteiger partial charge is 0.472 e. The fourth-order valence-corrected chi connectivity index (χ4v) is 6.74. The van der Waals surface area contributed by atoms with Crippen molar-refractivity contribution in [2.75, 3.05) is 26.4 Å². The molecule has 0 radical (unpaired) electrons. The molecule has 0 aromatic rings. The second kappa shape index (κ2) is 50.7. The number of esters is 3. The van der Waals surface area contributed by atoms with E-state index in [2.05, 4.69) is 118 Å². The summed E-state index contributed by atoms with van der Waals surface area (Å²) >= 11 is 0. The number of hydrogen-bond donors (Lipinski definition) is 2. The highest BCUT2D eigenvalue weighted by Gasteiger charge is 2.28. The molecule has 0 aliphatic rings. The van der Waals surface area contributed by atoms with Crippen LogP contribution in [0.4, 0.5) is 0 Å². The standard InChI is InChI=1S/C58H89O11P/c1-4-7-10-13-16-19-22-25-27-30-32-35-38-41-44-47-56(60)65-51-55(69-58(62)49-46-43-40-37-34-31-28-26-23-20-17-14-11-8-5-2)53-67-70(63,64)66-52-54(50-59)68-57(61)48-45-42-39-36-33-29-24-21-18-15-12-9-6-3/h7-8,10-12,15-17,19-21,24-28,32,34-35,37,41,43-44,46,54-55,59H,4-6,9,13-14,18,22-23,29-31,33,36,38-40,42,45,47-53H2,1-3H3,(H,63,64)/b10-7-,11-8-,15-12-,19-16-,20-17-,24-21-,27-25-,28-26-,35-32-,37-34-,44-41-,46-43-. The summed E-state index contributed by atoms with van der Waals surface area (Å²) in [4.78, 5) is 48.2. The van der Waals surface area contributed by atoms with Gasteiger partial charge in [-0.1, -0.05) is 192 Å². The molecule has 0 aliphatic heterocycles. The number of unbranched alkanes of at least 4 members (excludes halogenated alkanes) is 6. The minimum Gasteiger partial charge on any atom is -0.461 e. The zero-order chi connectivity index (χ0) is 51.3. The van der Waals surface area contributed by atoms with Crippen molar-refractivity contribution in [2.24, 2.45) is 0 Å². The molecular formula is C58H89O11P. The topological polar surface area (TPSA) is 155 Å². The van der Waals surface area contributed by atoms with Crippen LogP contribution in [-0.4, -0.2) is 66.5 Å². The number of phosphoric ester groups is 1. The number of hydrogen-bond acceptors (Lipinski definition) is 10. The summed E-state index contributed by atoms with van der Waals surface area (Å²) in [6.45, 7) is 4.06. The fraction of sp³-hybridized carbons (Fsp3) is 0.534. The molecule has 11 nitrogen and oxygen atoms in total. The van der Waals surface area contributed by atoms with Crippen LogP contribution in [0.5, 0.6) is 0 Å². The van der Waals surface area contributed by atoms with E-state index >= 15 is 0 Å². The number of aliphatic hydroxyl groups excluding tert-OH is 1. The summed E-state index contributed by atoms with van der Waals surface area (Å²) in [5.41, 5.74) is 0. The van der Waals surface area contributed by atoms with E-state index in [4.69, 9.17) is 23.3 Å². The zero-order valence-corrected chi connectivity index (χ0v) is 43.8. The predicted molar refractivity (Wildman–Crippen MR) is 288 cm³/mol. The lowest BCUT2D eigenvalue weighted by Gasteiger charge is -2.21. The van der Waals surface area contributed by atoms with Crippen LogP contribution in [0.3, 0.4) is 0 Å². The first kappa shape index (κ1) is 65.4. The van der Waals surface area contributed by atoms with E-state index in [9.17, 15) is 28.9 Å². The SMILES string of the molecule is CC/C=C\C/C=C\C/C=C\C/C=C\C/C=C\CC(=O)OCC(COP(=O)(O)OCC(CO)OC(=O)CCCCCCC/C=C\C/C=C\CCC)OC(=O)C/C=C\C/C=C\C/C=C\C/C=C\C/C=C\CC. The second-order valence-electron chi connectivity index (χ2n) is 16.2. The molecular weight excluding hydrogens is 904 g/mol. The van der Waals surface area contributed by atoms with Crippen molar-refractivity contribution in [1.29, 1.82) is 0 Å².